The third-order valence-electron chi connectivity index (χ3n) is 5.28. The Morgan fingerprint density at radius 1 is 1.39 bits per heavy atom. The van der Waals surface area contributed by atoms with Gasteiger partial charge < -0.3 is 24.3 Å². The lowest BCUT2D eigenvalue weighted by Crippen LogP contribution is -2.48. The van der Waals surface area contributed by atoms with Gasteiger partial charge in [0.2, 0.25) is 6.79 Å². The summed E-state index contributed by atoms with van der Waals surface area (Å²) in [7, 11) is 1.84. The summed E-state index contributed by atoms with van der Waals surface area (Å²) < 4.78 is 14.1. The van der Waals surface area contributed by atoms with Crippen molar-refractivity contribution in [1.82, 2.24) is 19.8 Å². The molecule has 2 aliphatic heterocycles. The van der Waals surface area contributed by atoms with Crippen LogP contribution < -0.4 is 14.8 Å². The van der Waals surface area contributed by atoms with Gasteiger partial charge in [0.05, 0.1) is 16.8 Å². The number of hydrogen-bond donors (Lipinski definition) is 1. The molecule has 0 aliphatic carbocycles. The van der Waals surface area contributed by atoms with E-state index in [1.54, 1.807) is 0 Å². The lowest BCUT2D eigenvalue weighted by molar-refractivity contribution is 0.173. The lowest BCUT2D eigenvalue weighted by atomic mass is 9.93. The van der Waals surface area contributed by atoms with Crippen molar-refractivity contribution in [2.24, 2.45) is 10.9 Å². The summed E-state index contributed by atoms with van der Waals surface area (Å²) in [6.45, 7) is 5.17. The van der Waals surface area contributed by atoms with Gasteiger partial charge in [0.15, 0.2) is 17.5 Å². The molecule has 1 aromatic carbocycles. The van der Waals surface area contributed by atoms with Crippen molar-refractivity contribution in [2.45, 2.75) is 25.9 Å². The number of aliphatic imine (C=N–C) groups is 1. The maximum Gasteiger partial charge on any atom is 0.231 e. The highest BCUT2D eigenvalue weighted by molar-refractivity contribution is 14.0. The molecule has 0 radical (unpaired) electrons. The molecule has 1 fully saturated rings. The second-order valence-corrected chi connectivity index (χ2v) is 7.86. The van der Waals surface area contributed by atoms with Crippen molar-refractivity contribution in [2.75, 3.05) is 26.9 Å². The molecule has 4 rings (SSSR count). The smallest absolute Gasteiger partial charge is 0.231 e. The first-order valence-electron chi connectivity index (χ1n) is 9.16. The average molecular weight is 562 g/mol. The van der Waals surface area contributed by atoms with Crippen LogP contribution in [0.1, 0.15) is 24.9 Å². The van der Waals surface area contributed by atoms with E-state index in [0.717, 1.165) is 47.0 Å². The summed E-state index contributed by atoms with van der Waals surface area (Å²) in [5, 5.41) is 3.49. The number of ether oxygens (including phenoxy) is 2. The molecule has 0 amide bonds. The number of benzene rings is 1. The highest BCUT2D eigenvalue weighted by Crippen LogP contribution is 2.40. The zero-order chi connectivity index (χ0) is 18.8. The minimum Gasteiger partial charge on any atom is -0.454 e. The van der Waals surface area contributed by atoms with E-state index in [9.17, 15) is 0 Å². The van der Waals surface area contributed by atoms with Gasteiger partial charge in [-0.3, -0.25) is 4.99 Å². The average Bonchev–Trinajstić information content (AvgIpc) is 3.35. The Balaban J connectivity index is 0.00000225. The highest BCUT2D eigenvalue weighted by atomic mass is 127. The number of fused-ring (bicyclic) bond motifs is 1. The highest BCUT2D eigenvalue weighted by Gasteiger charge is 2.29. The second kappa shape index (κ2) is 9.34. The van der Waals surface area contributed by atoms with Crippen molar-refractivity contribution < 1.29 is 9.47 Å². The van der Waals surface area contributed by atoms with Gasteiger partial charge in [-0.2, -0.15) is 0 Å². The molecule has 0 bridgehead atoms. The van der Waals surface area contributed by atoms with Crippen molar-refractivity contribution >= 4 is 45.9 Å². The molecule has 7 nitrogen and oxygen atoms in total. The van der Waals surface area contributed by atoms with Crippen molar-refractivity contribution in [3.05, 3.63) is 40.9 Å². The summed E-state index contributed by atoms with van der Waals surface area (Å²) in [5.41, 5.74) is 1.11. The monoisotopic (exact) mass is 561 g/mol. The number of halogens is 2. The SMILES string of the molecule is CN=C(NCc1cc(Br)c2c(c1)OCO2)N1CCC(C)C(n2ccnc2)C1.I. The number of rotatable bonds is 3. The molecule has 152 valence electrons. The molecule has 2 aromatic rings. The molecule has 1 saturated heterocycles. The number of imidazole rings is 1. The molecular formula is C19H25BrIN5O2. The first kappa shape index (κ1) is 21.2. The van der Waals surface area contributed by atoms with Crippen molar-refractivity contribution in [3.63, 3.8) is 0 Å². The Bertz CT molecular complexity index is 830. The molecule has 0 saturated carbocycles. The molecule has 28 heavy (non-hydrogen) atoms. The van der Waals surface area contributed by atoms with E-state index in [1.807, 2.05) is 31.8 Å². The van der Waals surface area contributed by atoms with E-state index >= 15 is 0 Å². The van der Waals surface area contributed by atoms with E-state index in [2.05, 4.69) is 53.7 Å². The Morgan fingerprint density at radius 2 is 2.25 bits per heavy atom. The first-order valence-corrected chi connectivity index (χ1v) is 9.96. The fraction of sp³-hybridized carbons (Fsp3) is 0.474. The third kappa shape index (κ3) is 4.40. The van der Waals surface area contributed by atoms with Crippen molar-refractivity contribution in [1.29, 1.82) is 0 Å². The Hall–Kier alpha value is -1.49. The van der Waals surface area contributed by atoms with Crippen LogP contribution in [0.2, 0.25) is 0 Å². The molecule has 9 heteroatoms. The van der Waals surface area contributed by atoms with Crippen molar-refractivity contribution in [3.8, 4) is 11.5 Å². The molecule has 2 unspecified atom stereocenters. The van der Waals surface area contributed by atoms with Gasteiger partial charge in [-0.15, -0.1) is 24.0 Å². The zero-order valence-electron chi connectivity index (χ0n) is 16.0. The fourth-order valence-electron chi connectivity index (χ4n) is 3.73. The van der Waals surface area contributed by atoms with Gasteiger partial charge >= 0.3 is 0 Å². The summed E-state index contributed by atoms with van der Waals surface area (Å²) in [5.74, 6) is 3.08. The van der Waals surface area contributed by atoms with Crippen LogP contribution in [0.3, 0.4) is 0 Å². The largest absolute Gasteiger partial charge is 0.454 e. The van der Waals surface area contributed by atoms with Crippen LogP contribution in [-0.2, 0) is 6.54 Å². The number of nitrogens with zero attached hydrogens (tertiary/aromatic N) is 4. The van der Waals surface area contributed by atoms with Crippen LogP contribution in [0.15, 0.2) is 40.3 Å². The number of guanidine groups is 1. The van der Waals surface area contributed by atoms with E-state index in [-0.39, 0.29) is 30.8 Å². The normalized spacial score (nSPS) is 21.4. The zero-order valence-corrected chi connectivity index (χ0v) is 19.9. The number of likely N-dealkylation sites (tertiary alicyclic amines) is 1. The molecule has 2 atom stereocenters. The van der Waals surface area contributed by atoms with E-state index in [1.165, 1.54) is 0 Å². The van der Waals surface area contributed by atoms with Crippen LogP contribution in [0.5, 0.6) is 11.5 Å². The van der Waals surface area contributed by atoms with Gasteiger partial charge in [-0.05, 0) is 46.0 Å². The summed E-state index contributed by atoms with van der Waals surface area (Å²) >= 11 is 3.55. The number of nitrogens with one attached hydrogen (secondary N) is 1. The van der Waals surface area contributed by atoms with Gasteiger partial charge in [0.25, 0.3) is 0 Å². The molecule has 3 heterocycles. The standard InChI is InChI=1S/C19H24BrN5O2.HI/c1-13-3-5-24(10-16(13)25-6-4-22-11-25)19(21-2)23-9-14-7-15(20)18-17(8-14)26-12-27-18;/h4,6-8,11,13,16H,3,5,9-10,12H2,1-2H3,(H,21,23);1H. The molecule has 1 aromatic heterocycles. The molecular weight excluding hydrogens is 537 g/mol. The van der Waals surface area contributed by atoms with E-state index in [4.69, 9.17) is 9.47 Å². The lowest BCUT2D eigenvalue weighted by Gasteiger charge is -2.39. The predicted octanol–water partition coefficient (Wildman–Crippen LogP) is 3.65. The molecule has 1 N–H and O–H groups in total. The summed E-state index contributed by atoms with van der Waals surface area (Å²) in [6.07, 6.45) is 6.92. The van der Waals surface area contributed by atoms with Crippen LogP contribution in [0, 0.1) is 5.92 Å². The van der Waals surface area contributed by atoms with Gasteiger partial charge in [0.1, 0.15) is 0 Å². The number of aromatic nitrogens is 2. The van der Waals surface area contributed by atoms with Gasteiger partial charge in [-0.1, -0.05) is 6.92 Å². The minimum atomic E-state index is 0. The Labute approximate surface area is 190 Å². The predicted molar refractivity (Wildman–Crippen MR) is 122 cm³/mol. The number of piperidine rings is 1. The quantitative estimate of drug-likeness (QED) is 0.352. The third-order valence-corrected chi connectivity index (χ3v) is 5.86. The van der Waals surface area contributed by atoms with E-state index in [0.29, 0.717) is 18.5 Å². The summed E-state index contributed by atoms with van der Waals surface area (Å²) in [6, 6.07) is 4.47. The Kier molecular flexibility index (Phi) is 7.08. The van der Waals surface area contributed by atoms with Gasteiger partial charge in [0, 0.05) is 39.1 Å². The molecule has 0 spiro atoms. The van der Waals surface area contributed by atoms with Crippen LogP contribution in [0.25, 0.3) is 0 Å². The Morgan fingerprint density at radius 3 is 3.00 bits per heavy atom. The molecule has 2 aliphatic rings. The van der Waals surface area contributed by atoms with Gasteiger partial charge in [-0.25, -0.2) is 4.98 Å². The van der Waals surface area contributed by atoms with Crippen LogP contribution in [-0.4, -0.2) is 47.3 Å². The summed E-state index contributed by atoms with van der Waals surface area (Å²) in [4.78, 5) is 11.0. The number of hydrogen-bond acceptors (Lipinski definition) is 4. The maximum absolute atomic E-state index is 5.51. The van der Waals surface area contributed by atoms with Crippen LogP contribution >= 0.6 is 39.9 Å². The fourth-order valence-corrected chi connectivity index (χ4v) is 4.34. The minimum absolute atomic E-state index is 0. The second-order valence-electron chi connectivity index (χ2n) is 7.00. The first-order chi connectivity index (χ1) is 13.2. The topological polar surface area (TPSA) is 63.9 Å². The van der Waals surface area contributed by atoms with E-state index < -0.39 is 0 Å². The maximum atomic E-state index is 5.51. The van der Waals surface area contributed by atoms with Crippen LogP contribution in [0.4, 0.5) is 0 Å².